The molecule has 1 aromatic rings. The lowest BCUT2D eigenvalue weighted by Crippen LogP contribution is -2.22. The molecule has 0 radical (unpaired) electrons. The Hall–Kier alpha value is -1.51. The normalized spacial score (nSPS) is 22.4. The third-order valence-corrected chi connectivity index (χ3v) is 3.03. The number of hydrogen-bond acceptors (Lipinski definition) is 3. The van der Waals surface area contributed by atoms with Crippen LogP contribution < -0.4 is 4.74 Å². The van der Waals surface area contributed by atoms with Crippen molar-refractivity contribution in [2.75, 3.05) is 7.11 Å². The van der Waals surface area contributed by atoms with E-state index in [-0.39, 0.29) is 17.5 Å². The van der Waals surface area contributed by atoms with Crippen LogP contribution in [0.1, 0.15) is 38.7 Å². The maximum absolute atomic E-state index is 11.4. The van der Waals surface area contributed by atoms with Crippen molar-refractivity contribution >= 4 is 5.97 Å². The molecule has 1 aliphatic rings. The van der Waals surface area contributed by atoms with Crippen LogP contribution in [0, 0.1) is 5.92 Å². The summed E-state index contributed by atoms with van der Waals surface area (Å²) >= 11 is 0. The fourth-order valence-corrected chi connectivity index (χ4v) is 2.11. The first-order valence-electron chi connectivity index (χ1n) is 6.27. The molecule has 0 aromatic heterocycles. The molecule has 1 saturated carbocycles. The van der Waals surface area contributed by atoms with Gasteiger partial charge in [-0.15, -0.1) is 0 Å². The fourth-order valence-electron chi connectivity index (χ4n) is 2.11. The zero-order valence-electron chi connectivity index (χ0n) is 11.4. The monoisotopic (exact) mass is 248 g/mol. The van der Waals surface area contributed by atoms with Gasteiger partial charge in [-0.2, -0.15) is 0 Å². The van der Waals surface area contributed by atoms with Gasteiger partial charge >= 0.3 is 5.97 Å². The summed E-state index contributed by atoms with van der Waals surface area (Å²) in [6.07, 6.45) is 0.895. The minimum Gasteiger partial charge on any atom is -0.488 e. The first-order valence-corrected chi connectivity index (χ1v) is 6.27. The molecule has 18 heavy (non-hydrogen) atoms. The fraction of sp³-hybridized carbons (Fsp3) is 0.533. The van der Waals surface area contributed by atoms with Gasteiger partial charge in [0.25, 0.3) is 0 Å². The number of ether oxygens (including phenoxy) is 2. The van der Waals surface area contributed by atoms with Crippen LogP contribution in [-0.4, -0.2) is 18.7 Å². The van der Waals surface area contributed by atoms with Crippen molar-refractivity contribution in [3.63, 3.8) is 0 Å². The van der Waals surface area contributed by atoms with Crippen LogP contribution in [0.2, 0.25) is 0 Å². The molecule has 1 aromatic carbocycles. The Labute approximate surface area is 108 Å². The van der Waals surface area contributed by atoms with E-state index in [9.17, 15) is 4.79 Å². The molecule has 0 amide bonds. The summed E-state index contributed by atoms with van der Waals surface area (Å²) in [7, 11) is 1.44. The Morgan fingerprint density at radius 2 is 1.83 bits per heavy atom. The molecule has 2 atom stereocenters. The highest BCUT2D eigenvalue weighted by Crippen LogP contribution is 2.48. The quantitative estimate of drug-likeness (QED) is 0.771. The Kier molecular flexibility index (Phi) is 3.33. The summed E-state index contributed by atoms with van der Waals surface area (Å²) in [6.45, 7) is 6.07. The largest absolute Gasteiger partial charge is 0.488 e. The van der Waals surface area contributed by atoms with E-state index >= 15 is 0 Å². The van der Waals surface area contributed by atoms with Gasteiger partial charge in [-0.05, 0) is 50.8 Å². The summed E-state index contributed by atoms with van der Waals surface area (Å²) in [5, 5.41) is 0. The van der Waals surface area contributed by atoms with Crippen molar-refractivity contribution in [1.82, 2.24) is 0 Å². The molecular weight excluding hydrogens is 228 g/mol. The van der Waals surface area contributed by atoms with Crippen molar-refractivity contribution in [2.24, 2.45) is 5.92 Å². The molecule has 0 N–H and O–H groups in total. The van der Waals surface area contributed by atoms with Gasteiger partial charge in [0.1, 0.15) is 11.4 Å². The highest BCUT2D eigenvalue weighted by atomic mass is 16.5. The van der Waals surface area contributed by atoms with Crippen LogP contribution in [0.4, 0.5) is 0 Å². The first-order chi connectivity index (χ1) is 8.40. The molecule has 0 aliphatic heterocycles. The summed E-state index contributed by atoms with van der Waals surface area (Å²) < 4.78 is 10.5. The Bertz CT molecular complexity index is 428. The van der Waals surface area contributed by atoms with Crippen LogP contribution in [0.5, 0.6) is 5.75 Å². The molecule has 0 heterocycles. The minimum atomic E-state index is -0.185. The van der Waals surface area contributed by atoms with E-state index in [2.05, 4.69) is 0 Å². The van der Waals surface area contributed by atoms with Gasteiger partial charge in [0, 0.05) is 0 Å². The van der Waals surface area contributed by atoms with E-state index in [1.54, 1.807) is 0 Å². The Balaban J connectivity index is 1.99. The second kappa shape index (κ2) is 4.63. The van der Waals surface area contributed by atoms with E-state index in [1.807, 2.05) is 45.0 Å². The first kappa shape index (κ1) is 12.9. The number of benzene rings is 1. The van der Waals surface area contributed by atoms with Gasteiger partial charge < -0.3 is 9.47 Å². The minimum absolute atomic E-state index is 0.0457. The maximum atomic E-state index is 11.4. The van der Waals surface area contributed by atoms with Gasteiger partial charge in [0.15, 0.2) is 0 Å². The van der Waals surface area contributed by atoms with Crippen molar-refractivity contribution in [3.8, 4) is 5.75 Å². The zero-order chi connectivity index (χ0) is 13.3. The molecule has 0 spiro atoms. The third-order valence-electron chi connectivity index (χ3n) is 3.03. The second-order valence-corrected chi connectivity index (χ2v) is 5.76. The molecule has 98 valence electrons. The molecule has 1 aliphatic carbocycles. The Morgan fingerprint density at radius 1 is 1.22 bits per heavy atom. The van der Waals surface area contributed by atoms with E-state index in [0.717, 1.165) is 12.2 Å². The third kappa shape index (κ3) is 3.03. The van der Waals surface area contributed by atoms with E-state index < -0.39 is 0 Å². The number of carbonyl (C=O) groups excluding carboxylic acids is 1. The lowest BCUT2D eigenvalue weighted by Gasteiger charge is -2.21. The standard InChI is InChI=1S/C15H20O3/c1-15(2,3)18-11-7-5-10(6-8-11)12-9-13(12)14(16)17-4/h5-8,12-13H,9H2,1-4H3/t12-,13+/m1/s1. The molecule has 1 fully saturated rings. The van der Waals surface area contributed by atoms with Crippen molar-refractivity contribution in [3.05, 3.63) is 29.8 Å². The molecule has 0 unspecified atom stereocenters. The average Bonchev–Trinajstić information content (AvgIpc) is 3.07. The van der Waals surface area contributed by atoms with Crippen molar-refractivity contribution < 1.29 is 14.3 Å². The second-order valence-electron chi connectivity index (χ2n) is 5.76. The smallest absolute Gasteiger partial charge is 0.309 e. The molecule has 0 saturated heterocycles. The summed E-state index contributed by atoms with van der Waals surface area (Å²) in [5.41, 5.74) is 1.00. The summed E-state index contributed by atoms with van der Waals surface area (Å²) in [5.74, 6) is 1.13. The van der Waals surface area contributed by atoms with Crippen molar-refractivity contribution in [1.29, 1.82) is 0 Å². The van der Waals surface area contributed by atoms with Gasteiger partial charge in [0.05, 0.1) is 13.0 Å². The van der Waals surface area contributed by atoms with Gasteiger partial charge in [-0.1, -0.05) is 12.1 Å². The van der Waals surface area contributed by atoms with Crippen LogP contribution in [0.3, 0.4) is 0 Å². The van der Waals surface area contributed by atoms with Gasteiger partial charge in [0.2, 0.25) is 0 Å². The Morgan fingerprint density at radius 3 is 2.33 bits per heavy atom. The van der Waals surface area contributed by atoms with Crippen LogP contribution in [0.25, 0.3) is 0 Å². The highest BCUT2D eigenvalue weighted by Gasteiger charge is 2.44. The molecule has 0 bridgehead atoms. The lowest BCUT2D eigenvalue weighted by atomic mass is 10.1. The van der Waals surface area contributed by atoms with E-state index in [1.165, 1.54) is 12.7 Å². The maximum Gasteiger partial charge on any atom is 0.309 e. The van der Waals surface area contributed by atoms with E-state index in [4.69, 9.17) is 9.47 Å². The number of methoxy groups -OCH3 is 1. The number of rotatable bonds is 3. The van der Waals surface area contributed by atoms with Gasteiger partial charge in [-0.3, -0.25) is 4.79 Å². The number of carbonyl (C=O) groups is 1. The predicted octanol–water partition coefficient (Wildman–Crippen LogP) is 3.14. The zero-order valence-corrected chi connectivity index (χ0v) is 11.4. The van der Waals surface area contributed by atoms with Crippen LogP contribution in [0.15, 0.2) is 24.3 Å². The molecule has 3 heteroatoms. The topological polar surface area (TPSA) is 35.5 Å². The SMILES string of the molecule is COC(=O)[C@H]1C[C@@H]1c1ccc(OC(C)(C)C)cc1. The molecular formula is C15H20O3. The molecule has 3 nitrogen and oxygen atoms in total. The highest BCUT2D eigenvalue weighted by molar-refractivity contribution is 5.77. The number of hydrogen-bond donors (Lipinski definition) is 0. The van der Waals surface area contributed by atoms with Crippen molar-refractivity contribution in [2.45, 2.75) is 38.7 Å². The summed E-state index contributed by atoms with van der Waals surface area (Å²) in [6, 6.07) is 8.00. The van der Waals surface area contributed by atoms with Crippen LogP contribution in [-0.2, 0) is 9.53 Å². The molecule has 2 rings (SSSR count). The lowest BCUT2D eigenvalue weighted by molar-refractivity contribution is -0.142. The van der Waals surface area contributed by atoms with Gasteiger partial charge in [-0.25, -0.2) is 0 Å². The predicted molar refractivity (Wildman–Crippen MR) is 69.7 cm³/mol. The average molecular weight is 248 g/mol. The van der Waals surface area contributed by atoms with Crippen LogP contribution >= 0.6 is 0 Å². The van der Waals surface area contributed by atoms with E-state index in [0.29, 0.717) is 5.92 Å². The number of esters is 1. The summed E-state index contributed by atoms with van der Waals surface area (Å²) in [4.78, 5) is 11.4.